The van der Waals surface area contributed by atoms with Crippen molar-refractivity contribution in [1.82, 2.24) is 5.06 Å². The fourth-order valence-corrected chi connectivity index (χ4v) is 1.43. The number of nitrogens with zero attached hydrogens (tertiary/aromatic N) is 1. The Balaban J connectivity index is 0.00000128. The number of hydroxylamine groups is 2. The Kier molecular flexibility index (Phi) is 3.76. The van der Waals surface area contributed by atoms with Crippen LogP contribution in [0.2, 0.25) is 0 Å². The molecule has 5 nitrogen and oxygen atoms in total. The Labute approximate surface area is 93.7 Å². The molecule has 1 aromatic rings. The van der Waals surface area contributed by atoms with Crippen LogP contribution in [0.1, 0.15) is 28.1 Å². The van der Waals surface area contributed by atoms with Gasteiger partial charge in [-0.15, -0.1) is 5.06 Å². The largest absolute Gasteiger partial charge is 0.328 e. The first-order chi connectivity index (χ1) is 7.25. The molecule has 1 aromatic carbocycles. The summed E-state index contributed by atoms with van der Waals surface area (Å²) < 4.78 is 0. The van der Waals surface area contributed by atoms with Gasteiger partial charge in [-0.1, -0.05) is 19.6 Å². The molecule has 1 aliphatic heterocycles. The van der Waals surface area contributed by atoms with E-state index in [-0.39, 0.29) is 20.6 Å². The molecular formula is C11H14N2O3. The van der Waals surface area contributed by atoms with E-state index in [0.29, 0.717) is 11.1 Å². The summed E-state index contributed by atoms with van der Waals surface area (Å²) in [5, 5.41) is 0.761. The Bertz CT molecular complexity index is 382. The molecule has 0 spiro atoms. The number of nitrogens with two attached hydrogens (primary N) is 1. The fraction of sp³-hybridized carbons (Fsp3) is 0.273. The zero-order valence-electron chi connectivity index (χ0n) is 7.97. The molecule has 2 rings (SSSR count). The van der Waals surface area contributed by atoms with Crippen LogP contribution in [0.15, 0.2) is 24.3 Å². The summed E-state index contributed by atoms with van der Waals surface area (Å²) in [5.74, 6) is -0.854. The van der Waals surface area contributed by atoms with Gasteiger partial charge in [0, 0.05) is 6.54 Å². The number of carbonyl (C=O) groups is 2. The first-order valence-electron chi connectivity index (χ1n) is 4.56. The summed E-state index contributed by atoms with van der Waals surface area (Å²) in [6.45, 7) is 0.402. The van der Waals surface area contributed by atoms with Gasteiger partial charge in [0.05, 0.1) is 17.7 Å². The monoisotopic (exact) mass is 222 g/mol. The second-order valence-electron chi connectivity index (χ2n) is 3.07. The normalized spacial score (nSPS) is 13.7. The fourth-order valence-electron chi connectivity index (χ4n) is 1.43. The van der Waals surface area contributed by atoms with Crippen LogP contribution in [0, 0.1) is 0 Å². The van der Waals surface area contributed by atoms with E-state index in [2.05, 4.69) is 0 Å². The Hall–Kier alpha value is -1.72. The van der Waals surface area contributed by atoms with Crippen molar-refractivity contribution in [2.24, 2.45) is 5.73 Å². The van der Waals surface area contributed by atoms with E-state index in [1.165, 1.54) is 0 Å². The van der Waals surface area contributed by atoms with Crippen molar-refractivity contribution in [2.45, 2.75) is 7.43 Å². The number of amides is 2. The number of hydrogen-bond acceptors (Lipinski definition) is 4. The molecular weight excluding hydrogens is 208 g/mol. The smallest absolute Gasteiger partial charge is 0.285 e. The molecule has 0 unspecified atom stereocenters. The minimum absolute atomic E-state index is 0. The molecule has 0 radical (unpaired) electrons. The highest BCUT2D eigenvalue weighted by Gasteiger charge is 2.36. The molecule has 2 N–H and O–H groups in total. The van der Waals surface area contributed by atoms with Crippen molar-refractivity contribution < 1.29 is 14.4 Å². The zero-order chi connectivity index (χ0) is 10.8. The van der Waals surface area contributed by atoms with E-state index in [1.807, 2.05) is 0 Å². The third-order valence-corrected chi connectivity index (χ3v) is 2.10. The van der Waals surface area contributed by atoms with Crippen LogP contribution in [0.25, 0.3) is 0 Å². The maximum absolute atomic E-state index is 11.7. The van der Waals surface area contributed by atoms with Gasteiger partial charge in [0.25, 0.3) is 11.8 Å². The van der Waals surface area contributed by atoms with Crippen molar-refractivity contribution in [3.8, 4) is 0 Å². The Morgan fingerprint density at radius 2 is 1.62 bits per heavy atom. The summed E-state index contributed by atoms with van der Waals surface area (Å²) >= 11 is 0. The highest BCUT2D eigenvalue weighted by molar-refractivity contribution is 6.20. The average molecular weight is 222 g/mol. The number of imide groups is 1. The van der Waals surface area contributed by atoms with Gasteiger partial charge >= 0.3 is 0 Å². The molecule has 1 heterocycles. The van der Waals surface area contributed by atoms with Crippen LogP contribution < -0.4 is 5.73 Å². The Morgan fingerprint density at radius 3 is 2.06 bits per heavy atom. The minimum atomic E-state index is -0.427. The Morgan fingerprint density at radius 1 is 1.12 bits per heavy atom. The number of hydrogen-bond donors (Lipinski definition) is 1. The molecule has 86 valence electrons. The lowest BCUT2D eigenvalue weighted by Gasteiger charge is -2.11. The molecule has 0 bridgehead atoms. The van der Waals surface area contributed by atoms with Crippen LogP contribution in [0.4, 0.5) is 0 Å². The van der Waals surface area contributed by atoms with Crippen LogP contribution >= 0.6 is 0 Å². The van der Waals surface area contributed by atoms with Gasteiger partial charge in [-0.3, -0.25) is 14.4 Å². The molecule has 1 aliphatic rings. The minimum Gasteiger partial charge on any atom is -0.328 e. The quantitative estimate of drug-likeness (QED) is 0.768. The van der Waals surface area contributed by atoms with Gasteiger partial charge in [-0.2, -0.15) is 0 Å². The predicted molar refractivity (Wildman–Crippen MR) is 58.7 cm³/mol. The predicted octanol–water partition coefficient (Wildman–Crippen LogP) is 0.809. The molecule has 2 amide bonds. The number of fused-ring (bicyclic) bond motifs is 1. The second kappa shape index (κ2) is 4.87. The maximum atomic E-state index is 11.7. The van der Waals surface area contributed by atoms with E-state index < -0.39 is 11.8 Å². The highest BCUT2D eigenvalue weighted by atomic mass is 16.7. The zero-order valence-corrected chi connectivity index (χ0v) is 7.97. The number of carbonyl (C=O) groups excluding carboxylic acids is 2. The highest BCUT2D eigenvalue weighted by Crippen LogP contribution is 2.22. The van der Waals surface area contributed by atoms with E-state index in [4.69, 9.17) is 10.6 Å². The van der Waals surface area contributed by atoms with Crippen LogP contribution in [-0.2, 0) is 4.84 Å². The van der Waals surface area contributed by atoms with Crippen LogP contribution in [0.5, 0.6) is 0 Å². The lowest BCUT2D eigenvalue weighted by atomic mass is 10.1. The summed E-state index contributed by atoms with van der Waals surface area (Å²) in [5.41, 5.74) is 5.98. The number of rotatable bonds is 3. The van der Waals surface area contributed by atoms with Gasteiger partial charge in [-0.05, 0) is 12.1 Å². The molecule has 0 saturated carbocycles. The molecule has 0 fully saturated rings. The SMILES string of the molecule is C.NCCON1C(=O)c2ccccc2C1=O. The van der Waals surface area contributed by atoms with Crippen LogP contribution in [-0.4, -0.2) is 30.0 Å². The van der Waals surface area contributed by atoms with E-state index in [9.17, 15) is 9.59 Å². The molecule has 0 atom stereocenters. The summed E-state index contributed by atoms with van der Waals surface area (Å²) in [4.78, 5) is 28.3. The van der Waals surface area contributed by atoms with E-state index in [1.54, 1.807) is 24.3 Å². The molecule has 0 aromatic heterocycles. The first kappa shape index (κ1) is 12.4. The van der Waals surface area contributed by atoms with Crippen molar-refractivity contribution >= 4 is 11.8 Å². The molecule has 0 saturated heterocycles. The standard InChI is InChI=1S/C10H10N2O3.CH4/c11-5-6-15-12-9(13)7-3-1-2-4-8(7)10(12)14;/h1-4H,5-6,11H2;1H4. The van der Waals surface area contributed by atoms with Gasteiger partial charge in [0.2, 0.25) is 0 Å². The van der Waals surface area contributed by atoms with Gasteiger partial charge in [0.15, 0.2) is 0 Å². The second-order valence-corrected chi connectivity index (χ2v) is 3.07. The number of benzene rings is 1. The lowest BCUT2D eigenvalue weighted by Crippen LogP contribution is -2.31. The van der Waals surface area contributed by atoms with Gasteiger partial charge < -0.3 is 5.73 Å². The molecule has 16 heavy (non-hydrogen) atoms. The topological polar surface area (TPSA) is 72.6 Å². The third kappa shape index (κ3) is 1.82. The van der Waals surface area contributed by atoms with Crippen molar-refractivity contribution in [3.05, 3.63) is 35.4 Å². The van der Waals surface area contributed by atoms with E-state index in [0.717, 1.165) is 5.06 Å². The van der Waals surface area contributed by atoms with Crippen molar-refractivity contribution in [3.63, 3.8) is 0 Å². The maximum Gasteiger partial charge on any atom is 0.285 e. The summed E-state index contributed by atoms with van der Waals surface area (Å²) in [7, 11) is 0. The summed E-state index contributed by atoms with van der Waals surface area (Å²) in [6.07, 6.45) is 0. The van der Waals surface area contributed by atoms with Gasteiger partial charge in [0.1, 0.15) is 0 Å². The summed E-state index contributed by atoms with van der Waals surface area (Å²) in [6, 6.07) is 6.61. The average Bonchev–Trinajstić information content (AvgIpc) is 2.51. The third-order valence-electron chi connectivity index (χ3n) is 2.10. The lowest BCUT2D eigenvalue weighted by molar-refractivity contribution is -0.0882. The first-order valence-corrected chi connectivity index (χ1v) is 4.56. The van der Waals surface area contributed by atoms with Crippen LogP contribution in [0.3, 0.4) is 0 Å². The molecule has 0 aliphatic carbocycles. The molecule has 5 heteroatoms. The van der Waals surface area contributed by atoms with Gasteiger partial charge in [-0.25, -0.2) is 0 Å². The van der Waals surface area contributed by atoms with Crippen molar-refractivity contribution in [1.29, 1.82) is 0 Å². The van der Waals surface area contributed by atoms with Crippen molar-refractivity contribution in [2.75, 3.05) is 13.2 Å². The van der Waals surface area contributed by atoms with E-state index >= 15 is 0 Å².